The van der Waals surface area contributed by atoms with Crippen molar-refractivity contribution in [2.24, 2.45) is 0 Å². The Morgan fingerprint density at radius 2 is 2.10 bits per heavy atom. The maximum Gasteiger partial charge on any atom is 0.112 e. The molecule has 0 saturated carbocycles. The van der Waals surface area contributed by atoms with Gasteiger partial charge in [0.1, 0.15) is 5.82 Å². The summed E-state index contributed by atoms with van der Waals surface area (Å²) < 4.78 is 2.24. The number of nitrogen functional groups attached to an aromatic ring is 1. The second-order valence-electron chi connectivity index (χ2n) is 5.32. The minimum atomic E-state index is 0.364. The van der Waals surface area contributed by atoms with E-state index in [4.69, 9.17) is 10.7 Å². The summed E-state index contributed by atoms with van der Waals surface area (Å²) in [6.45, 7) is 7.11. The van der Waals surface area contributed by atoms with Crippen LogP contribution in [-0.2, 0) is 6.54 Å². The number of anilines is 1. The summed E-state index contributed by atoms with van der Waals surface area (Å²) in [5, 5.41) is 3.21. The van der Waals surface area contributed by atoms with Gasteiger partial charge in [-0.1, -0.05) is 13.8 Å². The molecular formula is C15H18N4S. The SMILES string of the molecule is Cc1nc(Cn2c(C(C)C)nc3cc(N)ccc32)cs1. The lowest BCUT2D eigenvalue weighted by Gasteiger charge is -2.10. The van der Waals surface area contributed by atoms with Crippen LogP contribution in [0.2, 0.25) is 0 Å². The van der Waals surface area contributed by atoms with Gasteiger partial charge in [-0.25, -0.2) is 9.97 Å². The van der Waals surface area contributed by atoms with E-state index < -0.39 is 0 Å². The second-order valence-corrected chi connectivity index (χ2v) is 6.38. The predicted octanol–water partition coefficient (Wildman–Crippen LogP) is 3.56. The Balaban J connectivity index is 2.13. The van der Waals surface area contributed by atoms with Crippen LogP contribution in [0.4, 0.5) is 5.69 Å². The maximum atomic E-state index is 5.86. The van der Waals surface area contributed by atoms with Crippen molar-refractivity contribution in [2.45, 2.75) is 33.2 Å². The van der Waals surface area contributed by atoms with Gasteiger partial charge >= 0.3 is 0 Å². The van der Waals surface area contributed by atoms with E-state index in [0.717, 1.165) is 39.8 Å². The van der Waals surface area contributed by atoms with Gasteiger partial charge < -0.3 is 10.3 Å². The molecule has 0 saturated heterocycles. The van der Waals surface area contributed by atoms with Gasteiger partial charge in [0.05, 0.1) is 28.3 Å². The maximum absolute atomic E-state index is 5.86. The number of fused-ring (bicyclic) bond motifs is 1. The fourth-order valence-corrected chi connectivity index (χ4v) is 3.02. The second kappa shape index (κ2) is 4.90. The van der Waals surface area contributed by atoms with Crippen molar-refractivity contribution < 1.29 is 0 Å². The minimum absolute atomic E-state index is 0.364. The molecule has 2 aromatic heterocycles. The Kier molecular flexibility index (Phi) is 3.22. The Bertz CT molecular complexity index is 754. The summed E-state index contributed by atoms with van der Waals surface area (Å²) >= 11 is 1.68. The molecule has 0 aliphatic heterocycles. The summed E-state index contributed by atoms with van der Waals surface area (Å²) in [6.07, 6.45) is 0. The van der Waals surface area contributed by atoms with E-state index in [0.29, 0.717) is 5.92 Å². The van der Waals surface area contributed by atoms with Crippen molar-refractivity contribution in [3.63, 3.8) is 0 Å². The van der Waals surface area contributed by atoms with Crippen molar-refractivity contribution in [3.05, 3.63) is 40.1 Å². The summed E-state index contributed by atoms with van der Waals surface area (Å²) in [6, 6.07) is 5.91. The van der Waals surface area contributed by atoms with Crippen LogP contribution >= 0.6 is 11.3 Å². The average molecular weight is 286 g/mol. The summed E-state index contributed by atoms with van der Waals surface area (Å²) in [4.78, 5) is 9.29. The molecule has 2 N–H and O–H groups in total. The Labute approximate surface area is 122 Å². The topological polar surface area (TPSA) is 56.7 Å². The number of nitrogens with two attached hydrogens (primary N) is 1. The minimum Gasteiger partial charge on any atom is -0.399 e. The van der Waals surface area contributed by atoms with Crippen LogP contribution in [0.1, 0.15) is 36.3 Å². The van der Waals surface area contributed by atoms with E-state index in [9.17, 15) is 0 Å². The van der Waals surface area contributed by atoms with Crippen molar-refractivity contribution in [1.82, 2.24) is 14.5 Å². The highest BCUT2D eigenvalue weighted by Crippen LogP contribution is 2.25. The first-order valence-electron chi connectivity index (χ1n) is 6.71. The lowest BCUT2D eigenvalue weighted by molar-refractivity contribution is 0.676. The highest BCUT2D eigenvalue weighted by atomic mass is 32.1. The van der Waals surface area contributed by atoms with E-state index >= 15 is 0 Å². The van der Waals surface area contributed by atoms with E-state index in [-0.39, 0.29) is 0 Å². The lowest BCUT2D eigenvalue weighted by Crippen LogP contribution is -2.07. The number of imidazole rings is 1. The third-order valence-electron chi connectivity index (χ3n) is 3.30. The van der Waals surface area contributed by atoms with Gasteiger partial charge in [-0.05, 0) is 25.1 Å². The predicted molar refractivity (Wildman–Crippen MR) is 84.2 cm³/mol. The molecular weight excluding hydrogens is 268 g/mol. The van der Waals surface area contributed by atoms with Crippen LogP contribution in [0, 0.1) is 6.92 Å². The summed E-state index contributed by atoms with van der Waals surface area (Å²) in [7, 11) is 0. The van der Waals surface area contributed by atoms with Crippen LogP contribution in [-0.4, -0.2) is 14.5 Å². The molecule has 2 heterocycles. The fraction of sp³-hybridized carbons (Fsp3) is 0.333. The third kappa shape index (κ3) is 2.29. The molecule has 0 radical (unpaired) electrons. The highest BCUT2D eigenvalue weighted by molar-refractivity contribution is 7.09. The number of aromatic nitrogens is 3. The molecule has 0 atom stereocenters. The van der Waals surface area contributed by atoms with Crippen LogP contribution in [0.15, 0.2) is 23.6 Å². The van der Waals surface area contributed by atoms with Crippen molar-refractivity contribution in [2.75, 3.05) is 5.73 Å². The number of hydrogen-bond donors (Lipinski definition) is 1. The van der Waals surface area contributed by atoms with Crippen LogP contribution < -0.4 is 5.73 Å². The van der Waals surface area contributed by atoms with E-state index in [1.807, 2.05) is 25.1 Å². The van der Waals surface area contributed by atoms with Crippen molar-refractivity contribution in [3.8, 4) is 0 Å². The Morgan fingerprint density at radius 1 is 1.30 bits per heavy atom. The third-order valence-corrected chi connectivity index (χ3v) is 4.13. The molecule has 20 heavy (non-hydrogen) atoms. The average Bonchev–Trinajstić information content (AvgIpc) is 2.94. The monoisotopic (exact) mass is 286 g/mol. The van der Waals surface area contributed by atoms with Crippen LogP contribution in [0.25, 0.3) is 11.0 Å². The molecule has 0 aliphatic rings. The molecule has 0 bridgehead atoms. The molecule has 104 valence electrons. The first-order chi connectivity index (χ1) is 9.54. The van der Waals surface area contributed by atoms with Gasteiger partial charge in [0.25, 0.3) is 0 Å². The number of rotatable bonds is 3. The van der Waals surface area contributed by atoms with Gasteiger partial charge in [-0.3, -0.25) is 0 Å². The van der Waals surface area contributed by atoms with Gasteiger partial charge in [0.15, 0.2) is 0 Å². The molecule has 1 aromatic carbocycles. The molecule has 0 unspecified atom stereocenters. The Morgan fingerprint density at radius 3 is 2.75 bits per heavy atom. The zero-order valence-corrected chi connectivity index (χ0v) is 12.7. The summed E-state index contributed by atoms with van der Waals surface area (Å²) in [5.41, 5.74) is 9.77. The summed E-state index contributed by atoms with van der Waals surface area (Å²) in [5.74, 6) is 1.44. The van der Waals surface area contributed by atoms with Crippen LogP contribution in [0.5, 0.6) is 0 Å². The number of nitrogens with zero attached hydrogens (tertiary/aromatic N) is 3. The first kappa shape index (κ1) is 13.1. The van der Waals surface area contributed by atoms with Crippen molar-refractivity contribution in [1.29, 1.82) is 0 Å². The van der Waals surface area contributed by atoms with E-state index in [1.165, 1.54) is 0 Å². The number of aryl methyl sites for hydroxylation is 1. The fourth-order valence-electron chi connectivity index (χ4n) is 2.42. The van der Waals surface area contributed by atoms with E-state index in [2.05, 4.69) is 28.8 Å². The Hall–Kier alpha value is -1.88. The zero-order chi connectivity index (χ0) is 14.3. The zero-order valence-electron chi connectivity index (χ0n) is 11.9. The molecule has 0 spiro atoms. The lowest BCUT2D eigenvalue weighted by atomic mass is 10.2. The molecule has 3 aromatic rings. The standard InChI is InChI=1S/C15H18N4S/c1-9(2)15-18-13-6-11(16)4-5-14(13)19(15)7-12-8-20-10(3)17-12/h4-6,8-9H,7,16H2,1-3H3. The van der Waals surface area contributed by atoms with Crippen molar-refractivity contribution >= 4 is 28.1 Å². The van der Waals surface area contributed by atoms with E-state index in [1.54, 1.807) is 11.3 Å². The molecule has 5 heteroatoms. The largest absolute Gasteiger partial charge is 0.399 e. The van der Waals surface area contributed by atoms with Gasteiger partial charge in [-0.15, -0.1) is 11.3 Å². The molecule has 3 rings (SSSR count). The van der Waals surface area contributed by atoms with Gasteiger partial charge in [-0.2, -0.15) is 0 Å². The quantitative estimate of drug-likeness (QED) is 0.749. The van der Waals surface area contributed by atoms with Crippen LogP contribution in [0.3, 0.4) is 0 Å². The first-order valence-corrected chi connectivity index (χ1v) is 7.59. The number of thiazole rings is 1. The normalized spacial score (nSPS) is 11.6. The molecule has 0 fully saturated rings. The van der Waals surface area contributed by atoms with Gasteiger partial charge in [0.2, 0.25) is 0 Å². The van der Waals surface area contributed by atoms with Gasteiger partial charge in [0, 0.05) is 17.0 Å². The molecule has 0 amide bonds. The smallest absolute Gasteiger partial charge is 0.112 e. The highest BCUT2D eigenvalue weighted by Gasteiger charge is 2.15. The number of hydrogen-bond acceptors (Lipinski definition) is 4. The number of benzene rings is 1. The molecule has 0 aliphatic carbocycles. The molecule has 4 nitrogen and oxygen atoms in total.